The minimum absolute atomic E-state index is 0.314. The van der Waals surface area contributed by atoms with Gasteiger partial charge in [0.15, 0.2) is 0 Å². The van der Waals surface area contributed by atoms with Crippen LogP contribution in [0, 0.1) is 0 Å². The Kier molecular flexibility index (Phi) is 4.54. The molecule has 5 heteroatoms. The Morgan fingerprint density at radius 1 is 0.870 bits per heavy atom. The molecule has 1 heterocycles. The maximum atomic E-state index is 12.0. The number of carbonyl (C=O) groups excluding carboxylic acids is 1. The van der Waals surface area contributed by atoms with E-state index in [1.165, 1.54) is 0 Å². The summed E-state index contributed by atoms with van der Waals surface area (Å²) in [6, 6.07) is 19.9. The molecule has 0 aliphatic rings. The number of rotatable bonds is 3. The Morgan fingerprint density at radius 3 is 2.39 bits per heavy atom. The molecule has 0 aliphatic carbocycles. The van der Waals surface area contributed by atoms with Gasteiger partial charge >= 0.3 is 6.03 Å². The summed E-state index contributed by atoms with van der Waals surface area (Å²) < 4.78 is 0. The second kappa shape index (κ2) is 6.94. The fourth-order valence-electron chi connectivity index (χ4n) is 2.12. The molecule has 0 bridgehead atoms. The summed E-state index contributed by atoms with van der Waals surface area (Å²) >= 11 is 5.82. The summed E-state index contributed by atoms with van der Waals surface area (Å²) in [5.74, 6) is 0. The predicted octanol–water partition coefficient (Wildman–Crippen LogP) is 5.05. The van der Waals surface area contributed by atoms with Gasteiger partial charge in [0.25, 0.3) is 0 Å². The minimum Gasteiger partial charge on any atom is -0.308 e. The molecule has 2 N–H and O–H groups in total. The molecule has 0 saturated carbocycles. The van der Waals surface area contributed by atoms with Crippen molar-refractivity contribution in [3.8, 4) is 11.3 Å². The normalized spacial score (nSPS) is 10.1. The molecule has 2 amide bonds. The number of aromatic nitrogens is 1. The summed E-state index contributed by atoms with van der Waals surface area (Å²) in [5.41, 5.74) is 3.16. The third kappa shape index (κ3) is 4.08. The zero-order valence-electron chi connectivity index (χ0n) is 12.2. The van der Waals surface area contributed by atoms with Crippen molar-refractivity contribution in [2.75, 3.05) is 10.6 Å². The zero-order valence-corrected chi connectivity index (χ0v) is 12.9. The third-order valence-corrected chi connectivity index (χ3v) is 3.44. The van der Waals surface area contributed by atoms with Gasteiger partial charge in [0.2, 0.25) is 0 Å². The number of amides is 2. The number of hydrogen-bond donors (Lipinski definition) is 2. The average Bonchev–Trinajstić information content (AvgIpc) is 2.58. The maximum absolute atomic E-state index is 12.0. The summed E-state index contributed by atoms with van der Waals surface area (Å²) in [5, 5.41) is 6.18. The first-order valence-corrected chi connectivity index (χ1v) is 7.43. The van der Waals surface area contributed by atoms with E-state index in [4.69, 9.17) is 11.6 Å². The van der Waals surface area contributed by atoms with E-state index in [9.17, 15) is 4.79 Å². The van der Waals surface area contributed by atoms with Crippen molar-refractivity contribution in [1.82, 2.24) is 4.98 Å². The van der Waals surface area contributed by atoms with Crippen LogP contribution in [0.25, 0.3) is 11.3 Å². The van der Waals surface area contributed by atoms with Crippen LogP contribution in [0.4, 0.5) is 16.2 Å². The van der Waals surface area contributed by atoms with Crippen molar-refractivity contribution in [3.63, 3.8) is 0 Å². The van der Waals surface area contributed by atoms with Gasteiger partial charge in [-0.3, -0.25) is 4.98 Å². The van der Waals surface area contributed by atoms with Crippen molar-refractivity contribution in [2.45, 2.75) is 0 Å². The molecular weight excluding hydrogens is 310 g/mol. The Balaban J connectivity index is 1.70. The van der Waals surface area contributed by atoms with E-state index in [1.807, 2.05) is 42.5 Å². The van der Waals surface area contributed by atoms with E-state index >= 15 is 0 Å². The summed E-state index contributed by atoms with van der Waals surface area (Å²) in [6.45, 7) is 0. The van der Waals surface area contributed by atoms with Crippen molar-refractivity contribution in [1.29, 1.82) is 0 Å². The van der Waals surface area contributed by atoms with Crippen molar-refractivity contribution < 1.29 is 4.79 Å². The fourth-order valence-corrected chi connectivity index (χ4v) is 2.24. The van der Waals surface area contributed by atoms with Gasteiger partial charge < -0.3 is 10.6 Å². The van der Waals surface area contributed by atoms with Gasteiger partial charge in [0.1, 0.15) is 0 Å². The smallest absolute Gasteiger partial charge is 0.308 e. The van der Waals surface area contributed by atoms with Gasteiger partial charge in [-0.05, 0) is 48.5 Å². The highest BCUT2D eigenvalue weighted by molar-refractivity contribution is 6.30. The van der Waals surface area contributed by atoms with Gasteiger partial charge in [-0.25, -0.2) is 4.79 Å². The molecule has 0 aliphatic heterocycles. The Labute approximate surface area is 139 Å². The molecule has 3 rings (SSSR count). The largest absolute Gasteiger partial charge is 0.323 e. The highest BCUT2D eigenvalue weighted by Crippen LogP contribution is 2.20. The van der Waals surface area contributed by atoms with Gasteiger partial charge in [-0.1, -0.05) is 29.8 Å². The molecule has 2 aromatic carbocycles. The van der Waals surface area contributed by atoms with Crippen molar-refractivity contribution >= 4 is 29.0 Å². The molecule has 4 nitrogen and oxygen atoms in total. The maximum Gasteiger partial charge on any atom is 0.323 e. The van der Waals surface area contributed by atoms with Crippen LogP contribution >= 0.6 is 11.6 Å². The summed E-state index contributed by atoms with van der Waals surface area (Å²) in [6.07, 6.45) is 1.74. The van der Waals surface area contributed by atoms with Gasteiger partial charge in [0.05, 0.1) is 5.69 Å². The highest BCUT2D eigenvalue weighted by atomic mass is 35.5. The van der Waals surface area contributed by atoms with E-state index in [2.05, 4.69) is 15.6 Å². The molecule has 0 spiro atoms. The lowest BCUT2D eigenvalue weighted by molar-refractivity contribution is 0.262. The highest BCUT2D eigenvalue weighted by Gasteiger charge is 2.04. The number of nitrogens with zero attached hydrogens (tertiary/aromatic N) is 1. The molecule has 0 atom stereocenters. The number of halogens is 1. The van der Waals surface area contributed by atoms with Crippen molar-refractivity contribution in [3.05, 3.63) is 77.9 Å². The van der Waals surface area contributed by atoms with Crippen LogP contribution in [-0.2, 0) is 0 Å². The van der Waals surface area contributed by atoms with E-state index < -0.39 is 0 Å². The lowest BCUT2D eigenvalue weighted by Crippen LogP contribution is -2.19. The number of carbonyl (C=O) groups is 1. The van der Waals surface area contributed by atoms with Crippen LogP contribution in [-0.4, -0.2) is 11.0 Å². The molecule has 23 heavy (non-hydrogen) atoms. The molecule has 114 valence electrons. The Bertz CT molecular complexity index is 804. The number of nitrogens with one attached hydrogen (secondary N) is 2. The van der Waals surface area contributed by atoms with Crippen LogP contribution in [0.15, 0.2) is 72.9 Å². The van der Waals surface area contributed by atoms with Crippen molar-refractivity contribution in [2.24, 2.45) is 0 Å². The standard InChI is InChI=1S/C18H14ClN3O/c19-14-7-9-15(10-8-14)21-18(23)22-16-5-3-4-13(12-16)17-6-1-2-11-20-17/h1-12H,(H2,21,22,23). The first-order valence-electron chi connectivity index (χ1n) is 7.06. The number of hydrogen-bond acceptors (Lipinski definition) is 2. The minimum atomic E-state index is -0.314. The van der Waals surface area contributed by atoms with Gasteiger partial charge in [0, 0.05) is 28.2 Å². The Morgan fingerprint density at radius 2 is 1.65 bits per heavy atom. The average molecular weight is 324 g/mol. The van der Waals surface area contributed by atoms with Crippen LogP contribution in [0.1, 0.15) is 0 Å². The molecule has 0 saturated heterocycles. The fraction of sp³-hybridized carbons (Fsp3) is 0. The first kappa shape index (κ1) is 15.1. The van der Waals surface area contributed by atoms with Crippen LogP contribution in [0.3, 0.4) is 0 Å². The van der Waals surface area contributed by atoms with Crippen LogP contribution < -0.4 is 10.6 Å². The second-order valence-corrected chi connectivity index (χ2v) is 5.32. The van der Waals surface area contributed by atoms with Crippen LogP contribution in [0.5, 0.6) is 0 Å². The summed E-state index contributed by atoms with van der Waals surface area (Å²) in [4.78, 5) is 16.3. The summed E-state index contributed by atoms with van der Waals surface area (Å²) in [7, 11) is 0. The predicted molar refractivity (Wildman–Crippen MR) is 93.8 cm³/mol. The van der Waals surface area contributed by atoms with Gasteiger partial charge in [-0.15, -0.1) is 0 Å². The zero-order chi connectivity index (χ0) is 16.1. The molecular formula is C18H14ClN3O. The SMILES string of the molecule is O=C(Nc1ccc(Cl)cc1)Nc1cccc(-c2ccccn2)c1. The molecule has 3 aromatic rings. The number of anilines is 2. The van der Waals surface area contributed by atoms with E-state index in [1.54, 1.807) is 30.5 Å². The molecule has 0 radical (unpaired) electrons. The van der Waals surface area contributed by atoms with E-state index in [0.717, 1.165) is 11.3 Å². The van der Waals surface area contributed by atoms with Gasteiger partial charge in [-0.2, -0.15) is 0 Å². The molecule has 0 unspecified atom stereocenters. The van der Waals surface area contributed by atoms with Crippen LogP contribution in [0.2, 0.25) is 5.02 Å². The number of urea groups is 1. The first-order chi connectivity index (χ1) is 11.2. The third-order valence-electron chi connectivity index (χ3n) is 3.18. The number of pyridine rings is 1. The van der Waals surface area contributed by atoms with E-state index in [0.29, 0.717) is 16.4 Å². The number of benzene rings is 2. The Hall–Kier alpha value is -2.85. The molecule has 1 aromatic heterocycles. The topological polar surface area (TPSA) is 54.0 Å². The monoisotopic (exact) mass is 323 g/mol. The quantitative estimate of drug-likeness (QED) is 0.709. The lowest BCUT2D eigenvalue weighted by Gasteiger charge is -2.09. The molecule has 0 fully saturated rings. The second-order valence-electron chi connectivity index (χ2n) is 4.88. The van der Waals surface area contributed by atoms with E-state index in [-0.39, 0.29) is 6.03 Å². The lowest BCUT2D eigenvalue weighted by atomic mass is 10.1.